The number of nitrogens with zero attached hydrogens (tertiary/aromatic N) is 3. The van der Waals surface area contributed by atoms with Crippen LogP contribution >= 0.6 is 0 Å². The molecule has 0 aliphatic carbocycles. The highest BCUT2D eigenvalue weighted by Gasteiger charge is 2.04. The smallest absolute Gasteiger partial charge is 0.161 e. The highest BCUT2D eigenvalue weighted by Crippen LogP contribution is 2.16. The molecule has 0 bridgehead atoms. The summed E-state index contributed by atoms with van der Waals surface area (Å²) in [6.07, 6.45) is 6.57. The predicted molar refractivity (Wildman–Crippen MR) is 104 cm³/mol. The van der Waals surface area contributed by atoms with Gasteiger partial charge in [-0.15, -0.1) is 0 Å². The van der Waals surface area contributed by atoms with E-state index in [4.69, 9.17) is 0 Å². The molecule has 2 aromatic carbocycles. The van der Waals surface area contributed by atoms with Gasteiger partial charge in [0.05, 0.1) is 0 Å². The Morgan fingerprint density at radius 2 is 1.36 bits per heavy atom. The molecule has 4 nitrogen and oxygen atoms in total. The second-order valence-electron chi connectivity index (χ2n) is 5.27. The van der Waals surface area contributed by atoms with Gasteiger partial charge in [0.1, 0.15) is 18.5 Å². The Morgan fingerprint density at radius 1 is 0.750 bits per heavy atom. The number of aromatic nitrogens is 4. The van der Waals surface area contributed by atoms with Crippen molar-refractivity contribution in [1.82, 2.24) is 20.2 Å². The van der Waals surface area contributed by atoms with E-state index in [9.17, 15) is 13.2 Å². The maximum absolute atomic E-state index is 12.4. The number of rotatable bonds is 1. The highest BCUT2D eigenvalue weighted by atomic mass is 19.2. The number of hydrogen-bond acceptors (Lipinski definition) is 3. The molecule has 4 rings (SSSR count). The van der Waals surface area contributed by atoms with Crippen LogP contribution in [0.4, 0.5) is 13.2 Å². The summed E-state index contributed by atoms with van der Waals surface area (Å²) in [5.41, 5.74) is 2.56. The first-order valence-corrected chi connectivity index (χ1v) is 7.93. The summed E-state index contributed by atoms with van der Waals surface area (Å²) in [6.45, 7) is 1.37. The zero-order chi connectivity index (χ0) is 19.5. The van der Waals surface area contributed by atoms with Gasteiger partial charge in [-0.05, 0) is 41.8 Å². The number of halogens is 3. The molecule has 1 N–H and O–H groups in total. The van der Waals surface area contributed by atoms with Crippen LogP contribution in [0.15, 0.2) is 79.6 Å². The van der Waals surface area contributed by atoms with Crippen molar-refractivity contribution in [2.75, 3.05) is 0 Å². The van der Waals surface area contributed by atoms with Crippen LogP contribution in [-0.4, -0.2) is 20.2 Å². The van der Waals surface area contributed by atoms with Gasteiger partial charge in [0, 0.05) is 18.5 Å². The Bertz CT molecular complexity index is 810. The number of benzene rings is 2. The van der Waals surface area contributed by atoms with Gasteiger partial charge in [0.15, 0.2) is 11.6 Å². The van der Waals surface area contributed by atoms with Crippen LogP contribution in [-0.2, 0) is 0 Å². The third kappa shape index (κ3) is 7.41. The van der Waals surface area contributed by atoms with E-state index in [1.54, 1.807) is 0 Å². The van der Waals surface area contributed by atoms with E-state index in [-0.39, 0.29) is 13.0 Å². The maximum atomic E-state index is 12.4. The summed E-state index contributed by atoms with van der Waals surface area (Å²) in [5.74, 6) is -2.89. The summed E-state index contributed by atoms with van der Waals surface area (Å²) in [4.78, 5) is 7.53. The standard InChI is InChI=1S/C11H9N.C7H5F3.C2H3N3.CH4/c1-2-4-10(5-3-1)11-6-8-12-9-7-11;1-4-2-6(9)7(10)3-5(4)8;1-3-2-5-4-1;/h1-9H;2-3H,1H3;1-2H,(H,3,4,5);1H4. The molecule has 0 amide bonds. The Hall–Kier alpha value is -3.48. The first kappa shape index (κ1) is 22.6. The molecule has 0 radical (unpaired) electrons. The monoisotopic (exact) mass is 386 g/mol. The fourth-order valence-corrected chi connectivity index (χ4v) is 1.96. The van der Waals surface area contributed by atoms with E-state index in [1.165, 1.54) is 30.7 Å². The molecule has 0 fully saturated rings. The summed E-state index contributed by atoms with van der Waals surface area (Å²) < 4.78 is 36.7. The Kier molecular flexibility index (Phi) is 9.67. The summed E-state index contributed by atoms with van der Waals surface area (Å²) >= 11 is 0. The lowest BCUT2D eigenvalue weighted by Crippen LogP contribution is -1.89. The van der Waals surface area contributed by atoms with Gasteiger partial charge < -0.3 is 0 Å². The third-order valence-corrected chi connectivity index (χ3v) is 3.32. The van der Waals surface area contributed by atoms with E-state index >= 15 is 0 Å². The molecule has 2 heterocycles. The number of nitrogens with one attached hydrogen (secondary N) is 1. The lowest BCUT2D eigenvalue weighted by Gasteiger charge is -1.98. The largest absolute Gasteiger partial charge is 0.266 e. The molecule has 4 aromatic rings. The minimum absolute atomic E-state index is 0. The van der Waals surface area contributed by atoms with E-state index in [0.717, 1.165) is 6.07 Å². The Morgan fingerprint density at radius 3 is 1.86 bits per heavy atom. The van der Waals surface area contributed by atoms with E-state index in [2.05, 4.69) is 32.3 Å². The zero-order valence-electron chi connectivity index (χ0n) is 14.5. The van der Waals surface area contributed by atoms with Crippen LogP contribution in [0.1, 0.15) is 13.0 Å². The van der Waals surface area contributed by atoms with Crippen molar-refractivity contribution in [2.45, 2.75) is 14.4 Å². The number of pyridine rings is 1. The summed E-state index contributed by atoms with van der Waals surface area (Å²) in [5, 5.41) is 5.99. The van der Waals surface area contributed by atoms with Crippen molar-refractivity contribution in [1.29, 1.82) is 0 Å². The van der Waals surface area contributed by atoms with Crippen LogP contribution < -0.4 is 0 Å². The van der Waals surface area contributed by atoms with Crippen LogP contribution in [0, 0.1) is 24.4 Å². The molecule has 146 valence electrons. The molecule has 0 saturated carbocycles. The summed E-state index contributed by atoms with van der Waals surface area (Å²) in [7, 11) is 0. The predicted octanol–water partition coefficient (Wildman–Crippen LogP) is 5.60. The van der Waals surface area contributed by atoms with E-state index in [0.29, 0.717) is 6.07 Å². The van der Waals surface area contributed by atoms with Crippen molar-refractivity contribution in [2.24, 2.45) is 0 Å². The van der Waals surface area contributed by atoms with E-state index < -0.39 is 17.5 Å². The van der Waals surface area contributed by atoms with Crippen LogP contribution in [0.25, 0.3) is 11.1 Å². The average Bonchev–Trinajstić information content (AvgIpc) is 3.29. The normalized spacial score (nSPS) is 9.14. The first-order valence-electron chi connectivity index (χ1n) is 7.93. The topological polar surface area (TPSA) is 54.5 Å². The zero-order valence-corrected chi connectivity index (χ0v) is 14.5. The van der Waals surface area contributed by atoms with Gasteiger partial charge in [0.2, 0.25) is 0 Å². The van der Waals surface area contributed by atoms with Crippen molar-refractivity contribution in [3.05, 3.63) is 103 Å². The molecular formula is C21H21F3N4. The molecule has 0 atom stereocenters. The number of H-pyrrole nitrogens is 1. The van der Waals surface area contributed by atoms with Crippen molar-refractivity contribution < 1.29 is 13.2 Å². The van der Waals surface area contributed by atoms with Gasteiger partial charge in [-0.25, -0.2) is 18.2 Å². The average molecular weight is 386 g/mol. The van der Waals surface area contributed by atoms with Gasteiger partial charge in [0.25, 0.3) is 0 Å². The molecule has 7 heteroatoms. The number of hydrogen-bond donors (Lipinski definition) is 1. The molecule has 0 aliphatic heterocycles. The number of aryl methyl sites for hydroxylation is 1. The molecule has 0 spiro atoms. The molecule has 28 heavy (non-hydrogen) atoms. The quantitative estimate of drug-likeness (QED) is 0.433. The molecule has 0 unspecified atom stereocenters. The molecule has 0 aliphatic rings. The Labute approximate surface area is 162 Å². The summed E-state index contributed by atoms with van der Waals surface area (Å²) in [6, 6.07) is 15.7. The molecule has 2 aromatic heterocycles. The van der Waals surface area contributed by atoms with E-state index in [1.807, 2.05) is 42.7 Å². The maximum Gasteiger partial charge on any atom is 0.161 e. The second kappa shape index (κ2) is 12.0. The first-order chi connectivity index (χ1) is 13.1. The SMILES string of the molecule is C.Cc1cc(F)c(F)cc1F.c1ccc(-c2ccncc2)cc1.c1nc[nH]n1. The molecular weight excluding hydrogens is 365 g/mol. The third-order valence-electron chi connectivity index (χ3n) is 3.32. The van der Waals surface area contributed by atoms with Crippen LogP contribution in [0.5, 0.6) is 0 Å². The van der Waals surface area contributed by atoms with Crippen molar-refractivity contribution in [3.63, 3.8) is 0 Å². The second-order valence-corrected chi connectivity index (χ2v) is 5.27. The lowest BCUT2D eigenvalue weighted by atomic mass is 10.1. The number of aromatic amines is 1. The lowest BCUT2D eigenvalue weighted by molar-refractivity contribution is 0.492. The van der Waals surface area contributed by atoms with Crippen molar-refractivity contribution in [3.8, 4) is 11.1 Å². The molecule has 0 saturated heterocycles. The van der Waals surface area contributed by atoms with Crippen LogP contribution in [0.2, 0.25) is 0 Å². The minimum Gasteiger partial charge on any atom is -0.266 e. The fourth-order valence-electron chi connectivity index (χ4n) is 1.96. The van der Waals surface area contributed by atoms with Crippen molar-refractivity contribution >= 4 is 0 Å². The highest BCUT2D eigenvalue weighted by molar-refractivity contribution is 5.62. The Balaban J connectivity index is 0.000000222. The van der Waals surface area contributed by atoms with Gasteiger partial charge in [-0.3, -0.25) is 10.1 Å². The van der Waals surface area contributed by atoms with Gasteiger partial charge in [-0.2, -0.15) is 5.10 Å². The fraction of sp³-hybridized carbons (Fsp3) is 0.0952. The minimum atomic E-state index is -1.15. The van der Waals surface area contributed by atoms with Gasteiger partial charge >= 0.3 is 0 Å². The van der Waals surface area contributed by atoms with Crippen LogP contribution in [0.3, 0.4) is 0 Å². The van der Waals surface area contributed by atoms with Gasteiger partial charge in [-0.1, -0.05) is 37.8 Å².